The highest BCUT2D eigenvalue weighted by molar-refractivity contribution is 6.02. The SMILES string of the molecule is O=C(O)c1ccnc(NC(=O)c2cccc(F)n2)c1. The van der Waals surface area contributed by atoms with Gasteiger partial charge in [-0.25, -0.2) is 14.8 Å². The van der Waals surface area contributed by atoms with Crippen molar-refractivity contribution in [1.82, 2.24) is 9.97 Å². The molecule has 96 valence electrons. The third kappa shape index (κ3) is 3.09. The van der Waals surface area contributed by atoms with Gasteiger partial charge >= 0.3 is 5.97 Å². The number of amides is 1. The van der Waals surface area contributed by atoms with Crippen LogP contribution in [0.2, 0.25) is 0 Å². The van der Waals surface area contributed by atoms with Crippen molar-refractivity contribution in [3.05, 3.63) is 53.7 Å². The number of hydrogen-bond donors (Lipinski definition) is 2. The summed E-state index contributed by atoms with van der Waals surface area (Å²) in [6.07, 6.45) is 1.25. The Labute approximate surface area is 106 Å². The van der Waals surface area contributed by atoms with Gasteiger partial charge in [-0.05, 0) is 24.3 Å². The number of nitrogens with zero attached hydrogens (tertiary/aromatic N) is 2. The van der Waals surface area contributed by atoms with Gasteiger partial charge in [-0.3, -0.25) is 4.79 Å². The lowest BCUT2D eigenvalue weighted by atomic mass is 10.2. The first-order chi connectivity index (χ1) is 9.06. The molecular formula is C12H8FN3O3. The summed E-state index contributed by atoms with van der Waals surface area (Å²) in [6, 6.07) is 6.27. The van der Waals surface area contributed by atoms with Crippen molar-refractivity contribution < 1.29 is 19.1 Å². The molecule has 0 aliphatic carbocycles. The van der Waals surface area contributed by atoms with Crippen molar-refractivity contribution in [3.63, 3.8) is 0 Å². The Bertz CT molecular complexity index is 646. The van der Waals surface area contributed by atoms with E-state index in [2.05, 4.69) is 15.3 Å². The van der Waals surface area contributed by atoms with Crippen LogP contribution in [-0.4, -0.2) is 27.0 Å². The maximum atomic E-state index is 12.9. The number of carboxylic acids is 1. The molecule has 2 N–H and O–H groups in total. The quantitative estimate of drug-likeness (QED) is 0.818. The van der Waals surface area contributed by atoms with Crippen molar-refractivity contribution in [2.45, 2.75) is 0 Å². The summed E-state index contributed by atoms with van der Waals surface area (Å²) in [5, 5.41) is 11.1. The third-order valence-electron chi connectivity index (χ3n) is 2.20. The zero-order valence-electron chi connectivity index (χ0n) is 9.50. The second-order valence-electron chi connectivity index (χ2n) is 3.53. The van der Waals surface area contributed by atoms with Gasteiger partial charge in [0.25, 0.3) is 5.91 Å². The molecule has 7 heteroatoms. The van der Waals surface area contributed by atoms with Crippen LogP contribution in [0.1, 0.15) is 20.8 Å². The fraction of sp³-hybridized carbons (Fsp3) is 0. The molecule has 0 aliphatic heterocycles. The lowest BCUT2D eigenvalue weighted by Gasteiger charge is -2.04. The Kier molecular flexibility index (Phi) is 3.46. The molecule has 0 bridgehead atoms. The number of aromatic carboxylic acids is 1. The molecule has 0 unspecified atom stereocenters. The summed E-state index contributed by atoms with van der Waals surface area (Å²) in [7, 11) is 0. The first-order valence-corrected chi connectivity index (χ1v) is 5.19. The Balaban J connectivity index is 2.19. The molecular weight excluding hydrogens is 253 g/mol. The van der Waals surface area contributed by atoms with Crippen LogP contribution in [0.15, 0.2) is 36.5 Å². The molecule has 0 atom stereocenters. The standard InChI is InChI=1S/C12H8FN3O3/c13-9-3-1-2-8(15-9)11(17)16-10-6-7(12(18)19)4-5-14-10/h1-6H,(H,18,19)(H,14,16,17). The van der Waals surface area contributed by atoms with Gasteiger partial charge in [0.15, 0.2) is 0 Å². The Morgan fingerprint density at radius 2 is 2.05 bits per heavy atom. The van der Waals surface area contributed by atoms with Crippen molar-refractivity contribution in [2.75, 3.05) is 5.32 Å². The predicted molar refractivity (Wildman–Crippen MR) is 63.3 cm³/mol. The van der Waals surface area contributed by atoms with Gasteiger partial charge in [-0.2, -0.15) is 4.39 Å². The largest absolute Gasteiger partial charge is 0.478 e. The zero-order valence-corrected chi connectivity index (χ0v) is 9.50. The molecule has 19 heavy (non-hydrogen) atoms. The average Bonchev–Trinajstić information content (AvgIpc) is 2.39. The first-order valence-electron chi connectivity index (χ1n) is 5.19. The number of halogens is 1. The van der Waals surface area contributed by atoms with Gasteiger partial charge in [0, 0.05) is 6.20 Å². The van der Waals surface area contributed by atoms with Crippen LogP contribution in [0, 0.1) is 5.95 Å². The van der Waals surface area contributed by atoms with Crippen molar-refractivity contribution in [3.8, 4) is 0 Å². The van der Waals surface area contributed by atoms with Gasteiger partial charge in [-0.15, -0.1) is 0 Å². The maximum Gasteiger partial charge on any atom is 0.335 e. The van der Waals surface area contributed by atoms with Gasteiger partial charge in [0.05, 0.1) is 5.56 Å². The van der Waals surface area contributed by atoms with Crippen LogP contribution in [0.3, 0.4) is 0 Å². The van der Waals surface area contributed by atoms with Crippen LogP contribution in [0.5, 0.6) is 0 Å². The van der Waals surface area contributed by atoms with Crippen LogP contribution >= 0.6 is 0 Å². The monoisotopic (exact) mass is 261 g/mol. The molecule has 0 saturated carbocycles. The summed E-state index contributed by atoms with van der Waals surface area (Å²) in [5.41, 5.74) is -0.139. The summed E-state index contributed by atoms with van der Waals surface area (Å²) in [6.45, 7) is 0. The van der Waals surface area contributed by atoms with Crippen LogP contribution in [-0.2, 0) is 0 Å². The van der Waals surface area contributed by atoms with Gasteiger partial charge < -0.3 is 10.4 Å². The Hall–Kier alpha value is -2.83. The molecule has 0 fully saturated rings. The lowest BCUT2D eigenvalue weighted by molar-refractivity contribution is 0.0696. The summed E-state index contributed by atoms with van der Waals surface area (Å²) in [4.78, 5) is 29.7. The number of pyridine rings is 2. The number of aromatic nitrogens is 2. The third-order valence-corrected chi connectivity index (χ3v) is 2.20. The number of hydrogen-bond acceptors (Lipinski definition) is 4. The minimum atomic E-state index is -1.14. The normalized spacial score (nSPS) is 9.95. The van der Waals surface area contributed by atoms with Crippen molar-refractivity contribution >= 4 is 17.7 Å². The van der Waals surface area contributed by atoms with Crippen molar-refractivity contribution in [1.29, 1.82) is 0 Å². The predicted octanol–water partition coefficient (Wildman–Crippen LogP) is 1.57. The van der Waals surface area contributed by atoms with Crippen LogP contribution < -0.4 is 5.32 Å². The average molecular weight is 261 g/mol. The molecule has 0 saturated heterocycles. The van der Waals surface area contributed by atoms with Gasteiger partial charge in [0.2, 0.25) is 5.95 Å². The van der Waals surface area contributed by atoms with E-state index in [9.17, 15) is 14.0 Å². The molecule has 2 aromatic rings. The molecule has 1 amide bonds. The number of carbonyl (C=O) groups excluding carboxylic acids is 1. The second kappa shape index (κ2) is 5.21. The molecule has 0 spiro atoms. The number of anilines is 1. The van der Waals surface area contributed by atoms with E-state index in [1.807, 2.05) is 0 Å². The highest BCUT2D eigenvalue weighted by Gasteiger charge is 2.10. The van der Waals surface area contributed by atoms with E-state index in [0.29, 0.717) is 0 Å². The highest BCUT2D eigenvalue weighted by atomic mass is 19.1. The minimum absolute atomic E-state index is 0.0162. The van der Waals surface area contributed by atoms with E-state index in [0.717, 1.165) is 6.07 Å². The van der Waals surface area contributed by atoms with E-state index >= 15 is 0 Å². The molecule has 0 aliphatic rings. The van der Waals surface area contributed by atoms with E-state index in [4.69, 9.17) is 5.11 Å². The second-order valence-corrected chi connectivity index (χ2v) is 3.53. The van der Waals surface area contributed by atoms with Crippen LogP contribution in [0.4, 0.5) is 10.2 Å². The van der Waals surface area contributed by atoms with Crippen LogP contribution in [0.25, 0.3) is 0 Å². The smallest absolute Gasteiger partial charge is 0.335 e. The van der Waals surface area contributed by atoms with E-state index < -0.39 is 17.8 Å². The minimum Gasteiger partial charge on any atom is -0.478 e. The Morgan fingerprint density at radius 1 is 1.26 bits per heavy atom. The fourth-order valence-corrected chi connectivity index (χ4v) is 1.35. The maximum absolute atomic E-state index is 12.9. The van der Waals surface area contributed by atoms with E-state index in [1.165, 1.54) is 30.5 Å². The number of rotatable bonds is 3. The van der Waals surface area contributed by atoms with Gasteiger partial charge in [-0.1, -0.05) is 6.07 Å². The van der Waals surface area contributed by atoms with E-state index in [1.54, 1.807) is 0 Å². The first kappa shape index (κ1) is 12.6. The highest BCUT2D eigenvalue weighted by Crippen LogP contribution is 2.08. The molecule has 6 nitrogen and oxygen atoms in total. The Morgan fingerprint density at radius 3 is 2.74 bits per heavy atom. The van der Waals surface area contributed by atoms with Gasteiger partial charge in [0.1, 0.15) is 11.5 Å². The number of carbonyl (C=O) groups is 2. The topological polar surface area (TPSA) is 92.2 Å². The molecule has 2 rings (SSSR count). The molecule has 2 heterocycles. The summed E-state index contributed by atoms with van der Waals surface area (Å²) < 4.78 is 12.9. The van der Waals surface area contributed by atoms with Crippen molar-refractivity contribution in [2.24, 2.45) is 0 Å². The fourth-order valence-electron chi connectivity index (χ4n) is 1.35. The van der Waals surface area contributed by atoms with E-state index in [-0.39, 0.29) is 17.1 Å². The molecule has 0 aromatic carbocycles. The molecule has 2 aromatic heterocycles. The summed E-state index contributed by atoms with van der Waals surface area (Å²) in [5.74, 6) is -2.54. The lowest BCUT2D eigenvalue weighted by Crippen LogP contribution is -2.15. The number of nitrogens with one attached hydrogen (secondary N) is 1. The molecule has 0 radical (unpaired) electrons. The zero-order chi connectivity index (χ0) is 13.8. The summed E-state index contributed by atoms with van der Waals surface area (Å²) >= 11 is 0. The number of carboxylic acid groups (broad SMARTS) is 1.